The second-order valence-corrected chi connectivity index (χ2v) is 6.35. The van der Waals surface area contributed by atoms with Crippen LogP contribution in [0.5, 0.6) is 0 Å². The molecule has 5 nitrogen and oxygen atoms in total. The molecule has 8 heteroatoms. The van der Waals surface area contributed by atoms with Crippen molar-refractivity contribution in [3.63, 3.8) is 0 Å². The Morgan fingerprint density at radius 2 is 2.04 bits per heavy atom. The average molecular weight is 348 g/mol. The number of halogens is 2. The minimum absolute atomic E-state index is 0.107. The van der Waals surface area contributed by atoms with Crippen LogP contribution >= 0.6 is 11.8 Å². The Kier molecular flexibility index (Phi) is 5.46. The smallest absolute Gasteiger partial charge is 0.237 e. The van der Waals surface area contributed by atoms with E-state index in [4.69, 9.17) is 0 Å². The van der Waals surface area contributed by atoms with Crippen LogP contribution in [0.15, 0.2) is 23.2 Å². The maximum Gasteiger partial charge on any atom is 0.237 e. The highest BCUT2D eigenvalue weighted by atomic mass is 32.2. The molecule has 1 N–H and O–H groups in total. The number of nitriles is 1. The molecule has 0 spiro atoms. The van der Waals surface area contributed by atoms with Gasteiger partial charge in [0, 0.05) is 6.07 Å². The first-order chi connectivity index (χ1) is 11.3. The normalized spacial score (nSPS) is 11.7. The standard InChI is InChI=1S/C16H14F2N4OS/c1-8-12(7-19)16(21-10(3)20-8)24-9(2)15(23)22-14-5-4-11(17)6-13(14)18/h4-6,9H,1-3H3,(H,22,23). The number of aryl methyl sites for hydroxylation is 2. The van der Waals surface area contributed by atoms with Crippen LogP contribution in [0.25, 0.3) is 0 Å². The van der Waals surface area contributed by atoms with Gasteiger partial charge in [-0.3, -0.25) is 4.79 Å². The topological polar surface area (TPSA) is 78.7 Å². The molecule has 124 valence electrons. The zero-order chi connectivity index (χ0) is 17.9. The molecule has 1 aromatic carbocycles. The lowest BCUT2D eigenvalue weighted by Crippen LogP contribution is -2.23. The van der Waals surface area contributed by atoms with E-state index in [1.54, 1.807) is 20.8 Å². The Balaban J connectivity index is 2.16. The summed E-state index contributed by atoms with van der Waals surface area (Å²) < 4.78 is 26.5. The predicted molar refractivity (Wildman–Crippen MR) is 86.5 cm³/mol. The lowest BCUT2D eigenvalue weighted by Gasteiger charge is -2.13. The summed E-state index contributed by atoms with van der Waals surface area (Å²) in [5.74, 6) is -1.57. The van der Waals surface area contributed by atoms with Crippen LogP contribution in [0.1, 0.15) is 24.0 Å². The second kappa shape index (κ2) is 7.36. The van der Waals surface area contributed by atoms with Crippen LogP contribution in [0.3, 0.4) is 0 Å². The number of hydrogen-bond donors (Lipinski definition) is 1. The van der Waals surface area contributed by atoms with E-state index < -0.39 is 22.8 Å². The first-order valence-electron chi connectivity index (χ1n) is 6.99. The number of carbonyl (C=O) groups excluding carboxylic acids is 1. The van der Waals surface area contributed by atoms with Crippen molar-refractivity contribution in [2.75, 3.05) is 5.32 Å². The van der Waals surface area contributed by atoms with Gasteiger partial charge in [0.25, 0.3) is 0 Å². The van der Waals surface area contributed by atoms with Crippen molar-refractivity contribution in [1.29, 1.82) is 5.26 Å². The molecule has 1 heterocycles. The van der Waals surface area contributed by atoms with Gasteiger partial charge in [0.2, 0.25) is 5.91 Å². The first-order valence-corrected chi connectivity index (χ1v) is 7.87. The number of carbonyl (C=O) groups is 1. The van der Waals surface area contributed by atoms with E-state index in [1.807, 2.05) is 6.07 Å². The summed E-state index contributed by atoms with van der Waals surface area (Å²) >= 11 is 1.08. The molecule has 0 fully saturated rings. The van der Waals surface area contributed by atoms with Crippen molar-refractivity contribution in [2.45, 2.75) is 31.0 Å². The third-order valence-electron chi connectivity index (χ3n) is 3.13. The van der Waals surface area contributed by atoms with Crippen molar-refractivity contribution in [3.8, 4) is 6.07 Å². The largest absolute Gasteiger partial charge is 0.323 e. The van der Waals surface area contributed by atoms with Gasteiger partial charge < -0.3 is 5.32 Å². The van der Waals surface area contributed by atoms with E-state index in [1.165, 1.54) is 0 Å². The van der Waals surface area contributed by atoms with E-state index >= 15 is 0 Å². The van der Waals surface area contributed by atoms with Crippen LogP contribution in [-0.4, -0.2) is 21.1 Å². The predicted octanol–water partition coefficient (Wildman–Crippen LogP) is 3.36. The molecule has 2 rings (SSSR count). The second-order valence-electron chi connectivity index (χ2n) is 5.02. The molecule has 0 aliphatic rings. The Labute approximate surface area is 142 Å². The molecule has 2 aromatic rings. The summed E-state index contributed by atoms with van der Waals surface area (Å²) in [6, 6.07) is 4.92. The van der Waals surface area contributed by atoms with Gasteiger partial charge in [0.15, 0.2) is 0 Å². The fourth-order valence-corrected chi connectivity index (χ4v) is 2.94. The Bertz CT molecular complexity index is 836. The SMILES string of the molecule is Cc1nc(C)c(C#N)c(SC(C)C(=O)Nc2ccc(F)cc2F)n1. The molecule has 0 aliphatic carbocycles. The minimum atomic E-state index is -0.855. The maximum atomic E-state index is 13.6. The number of nitrogens with zero attached hydrogens (tertiary/aromatic N) is 3. The van der Waals surface area contributed by atoms with Gasteiger partial charge >= 0.3 is 0 Å². The number of aromatic nitrogens is 2. The summed E-state index contributed by atoms with van der Waals surface area (Å²) in [7, 11) is 0. The number of benzene rings is 1. The molecule has 1 unspecified atom stereocenters. The third kappa shape index (κ3) is 4.06. The zero-order valence-electron chi connectivity index (χ0n) is 13.2. The van der Waals surface area contributed by atoms with E-state index in [0.717, 1.165) is 23.9 Å². The van der Waals surface area contributed by atoms with Crippen LogP contribution in [0, 0.1) is 36.8 Å². The van der Waals surface area contributed by atoms with Crippen LogP contribution in [0.2, 0.25) is 0 Å². The highest BCUT2D eigenvalue weighted by molar-refractivity contribution is 8.00. The van der Waals surface area contributed by atoms with Crippen molar-refractivity contribution >= 4 is 23.4 Å². The monoisotopic (exact) mass is 348 g/mol. The summed E-state index contributed by atoms with van der Waals surface area (Å²) in [6.45, 7) is 4.99. The van der Waals surface area contributed by atoms with Crippen LogP contribution in [0.4, 0.5) is 14.5 Å². The van der Waals surface area contributed by atoms with Gasteiger partial charge in [-0.1, -0.05) is 11.8 Å². The number of amides is 1. The molecule has 0 radical (unpaired) electrons. The van der Waals surface area contributed by atoms with E-state index in [9.17, 15) is 18.8 Å². The average Bonchev–Trinajstić information content (AvgIpc) is 2.49. The first kappa shape index (κ1) is 17.8. The number of rotatable bonds is 4. The zero-order valence-corrected chi connectivity index (χ0v) is 14.0. The van der Waals surface area contributed by atoms with Gasteiger partial charge in [0.1, 0.15) is 34.1 Å². The minimum Gasteiger partial charge on any atom is -0.323 e. The molecule has 0 saturated heterocycles. The molecule has 1 atom stereocenters. The number of anilines is 1. The lowest BCUT2D eigenvalue weighted by molar-refractivity contribution is -0.115. The summed E-state index contributed by atoms with van der Waals surface area (Å²) in [5.41, 5.74) is 0.729. The Morgan fingerprint density at radius 1 is 1.33 bits per heavy atom. The number of nitrogens with one attached hydrogen (secondary N) is 1. The molecule has 1 amide bonds. The molecular weight excluding hydrogens is 334 g/mol. The molecule has 1 aromatic heterocycles. The van der Waals surface area contributed by atoms with Crippen molar-refractivity contribution in [2.24, 2.45) is 0 Å². The summed E-state index contributed by atoms with van der Waals surface area (Å²) in [5, 5.41) is 11.4. The quantitative estimate of drug-likeness (QED) is 0.677. The highest BCUT2D eigenvalue weighted by Gasteiger charge is 2.20. The fraction of sp³-hybridized carbons (Fsp3) is 0.250. The fourth-order valence-electron chi connectivity index (χ4n) is 1.94. The van der Waals surface area contributed by atoms with Crippen molar-refractivity contribution < 1.29 is 13.6 Å². The lowest BCUT2D eigenvalue weighted by atomic mass is 10.2. The van der Waals surface area contributed by atoms with Crippen molar-refractivity contribution in [1.82, 2.24) is 9.97 Å². The Hall–Kier alpha value is -2.53. The molecule has 0 saturated carbocycles. The maximum absolute atomic E-state index is 13.6. The number of thioether (sulfide) groups is 1. The van der Waals surface area contributed by atoms with Crippen LogP contribution in [-0.2, 0) is 4.79 Å². The van der Waals surface area contributed by atoms with Gasteiger partial charge in [-0.2, -0.15) is 5.26 Å². The van der Waals surface area contributed by atoms with E-state index in [0.29, 0.717) is 28.2 Å². The van der Waals surface area contributed by atoms with E-state index in [2.05, 4.69) is 15.3 Å². The molecule has 24 heavy (non-hydrogen) atoms. The van der Waals surface area contributed by atoms with Gasteiger partial charge in [-0.25, -0.2) is 18.7 Å². The molecule has 0 bridgehead atoms. The van der Waals surface area contributed by atoms with Crippen LogP contribution < -0.4 is 5.32 Å². The number of hydrogen-bond acceptors (Lipinski definition) is 5. The summed E-state index contributed by atoms with van der Waals surface area (Å²) in [4.78, 5) is 20.5. The molecular formula is C16H14F2N4OS. The van der Waals surface area contributed by atoms with Crippen molar-refractivity contribution in [3.05, 3.63) is 46.9 Å². The van der Waals surface area contributed by atoms with Gasteiger partial charge in [0.05, 0.1) is 16.6 Å². The summed E-state index contributed by atoms with van der Waals surface area (Å²) in [6.07, 6.45) is 0. The van der Waals surface area contributed by atoms with Gasteiger partial charge in [-0.05, 0) is 32.9 Å². The Morgan fingerprint density at radius 3 is 2.67 bits per heavy atom. The van der Waals surface area contributed by atoms with E-state index in [-0.39, 0.29) is 5.69 Å². The molecule has 0 aliphatic heterocycles. The van der Waals surface area contributed by atoms with Gasteiger partial charge in [-0.15, -0.1) is 0 Å². The third-order valence-corrected chi connectivity index (χ3v) is 4.21. The highest BCUT2D eigenvalue weighted by Crippen LogP contribution is 2.27.